The van der Waals surface area contributed by atoms with Gasteiger partial charge in [0.2, 0.25) is 0 Å². The first-order valence-corrected chi connectivity index (χ1v) is 16.7. The van der Waals surface area contributed by atoms with Crippen molar-refractivity contribution >= 4 is 71.6 Å². The fourth-order valence-electron chi connectivity index (χ4n) is 7.61. The van der Waals surface area contributed by atoms with Crippen molar-refractivity contribution in [2.45, 2.75) is 0 Å². The van der Waals surface area contributed by atoms with E-state index in [0.29, 0.717) is 0 Å². The van der Waals surface area contributed by atoms with Crippen LogP contribution in [0.15, 0.2) is 186 Å². The molecule has 0 aliphatic carbocycles. The summed E-state index contributed by atoms with van der Waals surface area (Å²) < 4.78 is 9.14. The molecule has 0 aliphatic rings. The van der Waals surface area contributed by atoms with Gasteiger partial charge in [-0.3, -0.25) is 0 Å². The first-order valence-electron chi connectivity index (χ1n) is 16.7. The number of rotatable bonds is 5. The van der Waals surface area contributed by atoms with E-state index in [1.54, 1.807) is 0 Å². The second-order valence-electron chi connectivity index (χ2n) is 12.5. The van der Waals surface area contributed by atoms with Crippen molar-refractivity contribution in [2.75, 3.05) is 4.90 Å². The third-order valence-electron chi connectivity index (χ3n) is 9.75. The molecule has 3 nitrogen and oxygen atoms in total. The van der Waals surface area contributed by atoms with Crippen molar-refractivity contribution in [2.24, 2.45) is 0 Å². The second kappa shape index (κ2) is 11.0. The SMILES string of the molecule is c1ccc(-c2ccc(N(c3cccc4ccccc34)c3cc4oc5ccccc5c4c4c5ccccc5n(-c5ccccc5)c34)cc2)cc1. The molecule has 0 bridgehead atoms. The molecule has 49 heavy (non-hydrogen) atoms. The molecular weight excluding hydrogens is 597 g/mol. The van der Waals surface area contributed by atoms with E-state index in [-0.39, 0.29) is 0 Å². The minimum absolute atomic E-state index is 0.866. The predicted molar refractivity (Wildman–Crippen MR) is 206 cm³/mol. The smallest absolute Gasteiger partial charge is 0.138 e. The van der Waals surface area contributed by atoms with E-state index in [0.717, 1.165) is 55.7 Å². The summed E-state index contributed by atoms with van der Waals surface area (Å²) in [5.41, 5.74) is 10.7. The Balaban J connectivity index is 1.38. The van der Waals surface area contributed by atoms with Gasteiger partial charge in [0.05, 0.1) is 22.4 Å². The fourth-order valence-corrected chi connectivity index (χ4v) is 7.61. The maximum absolute atomic E-state index is 6.72. The molecule has 0 N–H and O–H groups in total. The van der Waals surface area contributed by atoms with Gasteiger partial charge in [0.1, 0.15) is 11.2 Å². The van der Waals surface area contributed by atoms with Crippen LogP contribution in [0.4, 0.5) is 17.1 Å². The van der Waals surface area contributed by atoms with Crippen LogP contribution in [0.2, 0.25) is 0 Å². The molecule has 0 saturated heterocycles. The van der Waals surface area contributed by atoms with E-state index in [9.17, 15) is 0 Å². The fraction of sp³-hybridized carbons (Fsp3) is 0. The summed E-state index contributed by atoms with van der Waals surface area (Å²) in [5, 5.41) is 7.00. The van der Waals surface area contributed by atoms with Crippen LogP contribution in [0.3, 0.4) is 0 Å². The van der Waals surface area contributed by atoms with E-state index in [4.69, 9.17) is 4.42 Å². The van der Waals surface area contributed by atoms with Gasteiger partial charge in [-0.1, -0.05) is 133 Å². The van der Waals surface area contributed by atoms with E-state index in [1.165, 1.54) is 32.7 Å². The van der Waals surface area contributed by atoms with Crippen molar-refractivity contribution in [3.63, 3.8) is 0 Å². The zero-order valence-corrected chi connectivity index (χ0v) is 26.6. The maximum Gasteiger partial charge on any atom is 0.138 e. The molecule has 0 spiro atoms. The highest BCUT2D eigenvalue weighted by Gasteiger charge is 2.26. The Bertz CT molecular complexity index is 2810. The molecule has 0 unspecified atom stereocenters. The van der Waals surface area contributed by atoms with Crippen molar-refractivity contribution in [3.8, 4) is 16.8 Å². The minimum atomic E-state index is 0.866. The number of hydrogen-bond donors (Lipinski definition) is 0. The van der Waals surface area contributed by atoms with Gasteiger partial charge < -0.3 is 13.9 Å². The number of fused-ring (bicyclic) bond motifs is 8. The molecule has 2 aromatic heterocycles. The highest BCUT2D eigenvalue weighted by Crippen LogP contribution is 2.49. The lowest BCUT2D eigenvalue weighted by atomic mass is 10.0. The number of furan rings is 1. The normalized spacial score (nSPS) is 11.7. The summed E-state index contributed by atoms with van der Waals surface area (Å²) in [6.07, 6.45) is 0. The molecule has 0 aliphatic heterocycles. The van der Waals surface area contributed by atoms with Gasteiger partial charge in [-0.25, -0.2) is 0 Å². The van der Waals surface area contributed by atoms with Crippen LogP contribution in [0.5, 0.6) is 0 Å². The molecule has 8 aromatic carbocycles. The summed E-state index contributed by atoms with van der Waals surface area (Å²) in [6, 6.07) is 64.9. The first kappa shape index (κ1) is 27.5. The van der Waals surface area contributed by atoms with E-state index in [1.807, 2.05) is 6.07 Å². The van der Waals surface area contributed by atoms with Crippen molar-refractivity contribution in [1.29, 1.82) is 0 Å². The predicted octanol–water partition coefficient (Wildman–Crippen LogP) is 13.0. The molecule has 0 fully saturated rings. The molecule has 0 amide bonds. The van der Waals surface area contributed by atoms with Crippen molar-refractivity contribution in [3.05, 3.63) is 182 Å². The molecule has 0 radical (unpaired) electrons. The summed E-state index contributed by atoms with van der Waals surface area (Å²) >= 11 is 0. The lowest BCUT2D eigenvalue weighted by Crippen LogP contribution is -2.12. The van der Waals surface area contributed by atoms with Gasteiger partial charge >= 0.3 is 0 Å². The van der Waals surface area contributed by atoms with Crippen LogP contribution >= 0.6 is 0 Å². The largest absolute Gasteiger partial charge is 0.456 e. The van der Waals surface area contributed by atoms with Gasteiger partial charge in [0.15, 0.2) is 0 Å². The van der Waals surface area contributed by atoms with Crippen LogP contribution in [0, 0.1) is 0 Å². The molecule has 10 rings (SSSR count). The van der Waals surface area contributed by atoms with Crippen LogP contribution in [-0.2, 0) is 0 Å². The number of aromatic nitrogens is 1. The van der Waals surface area contributed by atoms with Gasteiger partial charge in [-0.15, -0.1) is 0 Å². The molecule has 230 valence electrons. The third-order valence-corrected chi connectivity index (χ3v) is 9.75. The zero-order valence-electron chi connectivity index (χ0n) is 26.6. The van der Waals surface area contributed by atoms with Gasteiger partial charge in [-0.2, -0.15) is 0 Å². The molecule has 3 heteroatoms. The standard InChI is InChI=1S/C46H30N2O/c1-3-14-31(15-4-1)32-26-28-35(29-27-32)47(39-24-13-17-33-16-7-8-20-36(33)39)41-30-43-44(38-22-10-12-25-42(38)49-43)45-37-21-9-11-23-40(37)48(46(41)45)34-18-5-2-6-19-34/h1-30H. The second-order valence-corrected chi connectivity index (χ2v) is 12.5. The lowest BCUT2D eigenvalue weighted by molar-refractivity contribution is 0.669. The Morgan fingerprint density at radius 2 is 1.06 bits per heavy atom. The Hall–Kier alpha value is -6.58. The molecule has 10 aromatic rings. The van der Waals surface area contributed by atoms with Crippen LogP contribution in [-0.4, -0.2) is 4.57 Å². The monoisotopic (exact) mass is 626 g/mol. The zero-order chi connectivity index (χ0) is 32.3. The highest BCUT2D eigenvalue weighted by atomic mass is 16.3. The minimum Gasteiger partial charge on any atom is -0.456 e. The van der Waals surface area contributed by atoms with Crippen LogP contribution in [0.1, 0.15) is 0 Å². The summed E-state index contributed by atoms with van der Waals surface area (Å²) in [4.78, 5) is 2.42. The van der Waals surface area contributed by atoms with Gasteiger partial charge in [0, 0.05) is 44.4 Å². The van der Waals surface area contributed by atoms with E-state index < -0.39 is 0 Å². The maximum atomic E-state index is 6.72. The van der Waals surface area contributed by atoms with Crippen molar-refractivity contribution < 1.29 is 4.42 Å². The van der Waals surface area contributed by atoms with E-state index >= 15 is 0 Å². The first-order chi connectivity index (χ1) is 24.3. The average Bonchev–Trinajstić information content (AvgIpc) is 3.72. The Labute approximate surface area is 283 Å². The third kappa shape index (κ3) is 4.29. The number of benzene rings is 8. The number of para-hydroxylation sites is 3. The topological polar surface area (TPSA) is 21.3 Å². The molecule has 0 atom stereocenters. The summed E-state index contributed by atoms with van der Waals surface area (Å²) in [6.45, 7) is 0. The highest BCUT2D eigenvalue weighted by molar-refractivity contribution is 6.30. The quantitative estimate of drug-likeness (QED) is 0.190. The van der Waals surface area contributed by atoms with Crippen molar-refractivity contribution in [1.82, 2.24) is 4.57 Å². The average molecular weight is 627 g/mol. The number of anilines is 3. The summed E-state index contributed by atoms with van der Waals surface area (Å²) in [7, 11) is 0. The molecule has 0 saturated carbocycles. The molecule has 2 heterocycles. The Morgan fingerprint density at radius 1 is 0.429 bits per heavy atom. The Kier molecular flexibility index (Phi) is 6.18. The van der Waals surface area contributed by atoms with Crippen LogP contribution in [0.25, 0.3) is 71.3 Å². The van der Waals surface area contributed by atoms with Gasteiger partial charge in [0.25, 0.3) is 0 Å². The van der Waals surface area contributed by atoms with E-state index in [2.05, 4.69) is 185 Å². The molecular formula is C46H30N2O. The lowest BCUT2D eigenvalue weighted by Gasteiger charge is -2.28. The summed E-state index contributed by atoms with van der Waals surface area (Å²) in [5.74, 6) is 0. The van der Waals surface area contributed by atoms with Crippen LogP contribution < -0.4 is 4.90 Å². The number of hydrogen-bond acceptors (Lipinski definition) is 2. The Morgan fingerprint density at radius 3 is 1.88 bits per heavy atom. The van der Waals surface area contributed by atoms with Gasteiger partial charge in [-0.05, 0) is 59.0 Å². The number of nitrogens with zero attached hydrogens (tertiary/aromatic N) is 2.